The molecule has 2 unspecified atom stereocenters. The number of phenols is 1. The number of amides is 1. The zero-order valence-electron chi connectivity index (χ0n) is 11.0. The van der Waals surface area contributed by atoms with Gasteiger partial charge in [-0.2, -0.15) is 0 Å². The number of rotatable bonds is 6. The molecule has 0 saturated heterocycles. The number of benzene rings is 1. The minimum Gasteiger partial charge on any atom is -0.508 e. The molecule has 4 N–H and O–H groups in total. The van der Waals surface area contributed by atoms with E-state index in [1.807, 2.05) is 19.9 Å². The highest BCUT2D eigenvalue weighted by atomic mass is 16.3. The highest BCUT2D eigenvalue weighted by Gasteiger charge is 2.18. The summed E-state index contributed by atoms with van der Waals surface area (Å²) >= 11 is 0. The largest absolute Gasteiger partial charge is 0.508 e. The quantitative estimate of drug-likeness (QED) is 0.715. The summed E-state index contributed by atoms with van der Waals surface area (Å²) < 4.78 is 0. The van der Waals surface area contributed by atoms with Crippen molar-refractivity contribution in [2.24, 2.45) is 11.7 Å². The first-order valence-electron chi connectivity index (χ1n) is 6.35. The molecule has 4 heteroatoms. The summed E-state index contributed by atoms with van der Waals surface area (Å²) in [7, 11) is 0. The van der Waals surface area contributed by atoms with Gasteiger partial charge in [0.2, 0.25) is 5.91 Å². The Morgan fingerprint density at radius 2 is 2.22 bits per heavy atom. The van der Waals surface area contributed by atoms with E-state index in [2.05, 4.69) is 5.32 Å². The number of aromatic hydroxyl groups is 1. The second kappa shape index (κ2) is 7.01. The van der Waals surface area contributed by atoms with Gasteiger partial charge in [-0.05, 0) is 30.0 Å². The predicted octanol–water partition coefficient (Wildman–Crippen LogP) is 1.42. The van der Waals surface area contributed by atoms with Crippen LogP contribution in [0, 0.1) is 5.92 Å². The summed E-state index contributed by atoms with van der Waals surface area (Å²) in [4.78, 5) is 11.7. The van der Waals surface area contributed by atoms with Crippen LogP contribution >= 0.6 is 0 Å². The fourth-order valence-corrected chi connectivity index (χ4v) is 1.67. The van der Waals surface area contributed by atoms with Crippen molar-refractivity contribution in [1.82, 2.24) is 5.32 Å². The predicted molar refractivity (Wildman–Crippen MR) is 72.3 cm³/mol. The van der Waals surface area contributed by atoms with Crippen molar-refractivity contribution in [3.8, 4) is 5.75 Å². The normalized spacial score (nSPS) is 13.9. The molecule has 0 aromatic heterocycles. The Bertz CT molecular complexity index is 393. The van der Waals surface area contributed by atoms with Gasteiger partial charge in [0, 0.05) is 6.54 Å². The van der Waals surface area contributed by atoms with Gasteiger partial charge in [0.15, 0.2) is 0 Å². The molecule has 18 heavy (non-hydrogen) atoms. The third-order valence-corrected chi connectivity index (χ3v) is 3.18. The van der Waals surface area contributed by atoms with Gasteiger partial charge in [0.25, 0.3) is 0 Å². The molecule has 1 rings (SSSR count). The van der Waals surface area contributed by atoms with Gasteiger partial charge in [0.05, 0.1) is 6.04 Å². The topological polar surface area (TPSA) is 75.4 Å². The van der Waals surface area contributed by atoms with Crippen molar-refractivity contribution in [2.75, 3.05) is 6.54 Å². The van der Waals surface area contributed by atoms with Gasteiger partial charge >= 0.3 is 0 Å². The number of hydrogen-bond acceptors (Lipinski definition) is 3. The molecule has 2 atom stereocenters. The Morgan fingerprint density at radius 1 is 1.50 bits per heavy atom. The zero-order chi connectivity index (χ0) is 13.5. The van der Waals surface area contributed by atoms with Gasteiger partial charge in [-0.25, -0.2) is 0 Å². The smallest absolute Gasteiger partial charge is 0.237 e. The molecule has 0 radical (unpaired) electrons. The van der Waals surface area contributed by atoms with Crippen molar-refractivity contribution in [3.63, 3.8) is 0 Å². The van der Waals surface area contributed by atoms with Crippen molar-refractivity contribution in [2.45, 2.75) is 32.7 Å². The van der Waals surface area contributed by atoms with E-state index in [-0.39, 0.29) is 17.6 Å². The number of carbonyl (C=O) groups is 1. The van der Waals surface area contributed by atoms with Crippen LogP contribution in [-0.4, -0.2) is 23.6 Å². The average molecular weight is 250 g/mol. The van der Waals surface area contributed by atoms with Crippen LogP contribution in [0.3, 0.4) is 0 Å². The zero-order valence-corrected chi connectivity index (χ0v) is 11.0. The maximum atomic E-state index is 11.7. The minimum absolute atomic E-state index is 0.107. The molecular weight excluding hydrogens is 228 g/mol. The van der Waals surface area contributed by atoms with E-state index in [1.54, 1.807) is 18.2 Å². The molecule has 0 spiro atoms. The van der Waals surface area contributed by atoms with Gasteiger partial charge < -0.3 is 16.2 Å². The fraction of sp³-hybridized carbons (Fsp3) is 0.500. The third-order valence-electron chi connectivity index (χ3n) is 3.18. The van der Waals surface area contributed by atoms with E-state index >= 15 is 0 Å². The van der Waals surface area contributed by atoms with E-state index in [0.29, 0.717) is 13.0 Å². The Morgan fingerprint density at radius 3 is 2.83 bits per heavy atom. The lowest BCUT2D eigenvalue weighted by Gasteiger charge is -2.17. The molecule has 0 aliphatic carbocycles. The fourth-order valence-electron chi connectivity index (χ4n) is 1.67. The molecule has 100 valence electrons. The van der Waals surface area contributed by atoms with E-state index in [0.717, 1.165) is 12.0 Å². The van der Waals surface area contributed by atoms with Crippen LogP contribution in [0.5, 0.6) is 5.75 Å². The molecule has 0 bridgehead atoms. The number of nitrogens with two attached hydrogens (primary N) is 1. The van der Waals surface area contributed by atoms with E-state index in [4.69, 9.17) is 5.73 Å². The minimum atomic E-state index is -0.445. The van der Waals surface area contributed by atoms with Crippen LogP contribution in [0.4, 0.5) is 0 Å². The Hall–Kier alpha value is -1.55. The van der Waals surface area contributed by atoms with Crippen LogP contribution < -0.4 is 11.1 Å². The SMILES string of the molecule is CCC(C)C(N)C(=O)NCCc1cccc(O)c1. The van der Waals surface area contributed by atoms with Gasteiger partial charge in [0.1, 0.15) is 5.75 Å². The number of carbonyl (C=O) groups excluding carboxylic acids is 1. The Kier molecular flexibility index (Phi) is 5.65. The maximum absolute atomic E-state index is 11.7. The van der Waals surface area contributed by atoms with Crippen LogP contribution in [0.1, 0.15) is 25.8 Å². The lowest BCUT2D eigenvalue weighted by Crippen LogP contribution is -2.45. The second-order valence-corrected chi connectivity index (χ2v) is 4.62. The highest BCUT2D eigenvalue weighted by molar-refractivity contribution is 5.81. The standard InChI is InChI=1S/C14H22N2O2/c1-3-10(2)13(15)14(18)16-8-7-11-5-4-6-12(17)9-11/h4-6,9-10,13,17H,3,7-8,15H2,1-2H3,(H,16,18). The summed E-state index contributed by atoms with van der Waals surface area (Å²) in [5, 5.41) is 12.1. The highest BCUT2D eigenvalue weighted by Crippen LogP contribution is 2.11. The molecule has 0 saturated carbocycles. The molecule has 1 amide bonds. The molecular formula is C14H22N2O2. The van der Waals surface area contributed by atoms with Crippen LogP contribution in [0.15, 0.2) is 24.3 Å². The van der Waals surface area contributed by atoms with Crippen molar-refractivity contribution < 1.29 is 9.90 Å². The monoisotopic (exact) mass is 250 g/mol. The average Bonchev–Trinajstić information content (AvgIpc) is 2.36. The van der Waals surface area contributed by atoms with E-state index in [1.165, 1.54) is 0 Å². The molecule has 0 aliphatic rings. The maximum Gasteiger partial charge on any atom is 0.237 e. The summed E-state index contributed by atoms with van der Waals surface area (Å²) in [5.74, 6) is 0.324. The first-order valence-corrected chi connectivity index (χ1v) is 6.35. The lowest BCUT2D eigenvalue weighted by atomic mass is 9.99. The van der Waals surface area contributed by atoms with Crippen LogP contribution in [0.2, 0.25) is 0 Å². The van der Waals surface area contributed by atoms with Crippen molar-refractivity contribution >= 4 is 5.91 Å². The number of phenolic OH excluding ortho intramolecular Hbond substituents is 1. The molecule has 0 aliphatic heterocycles. The first kappa shape index (κ1) is 14.5. The molecule has 0 fully saturated rings. The molecule has 0 heterocycles. The molecule has 1 aromatic carbocycles. The second-order valence-electron chi connectivity index (χ2n) is 4.62. The number of hydrogen-bond donors (Lipinski definition) is 3. The number of nitrogens with one attached hydrogen (secondary N) is 1. The van der Waals surface area contributed by atoms with Crippen LogP contribution in [0.25, 0.3) is 0 Å². The Balaban J connectivity index is 2.36. The van der Waals surface area contributed by atoms with Gasteiger partial charge in [-0.15, -0.1) is 0 Å². The van der Waals surface area contributed by atoms with Crippen molar-refractivity contribution in [1.29, 1.82) is 0 Å². The van der Waals surface area contributed by atoms with Crippen molar-refractivity contribution in [3.05, 3.63) is 29.8 Å². The van der Waals surface area contributed by atoms with Gasteiger partial charge in [-0.1, -0.05) is 32.4 Å². The third kappa shape index (κ3) is 4.37. The lowest BCUT2D eigenvalue weighted by molar-refractivity contribution is -0.123. The first-order chi connectivity index (χ1) is 8.54. The Labute approximate surface area is 108 Å². The summed E-state index contributed by atoms with van der Waals surface area (Å²) in [6, 6.07) is 6.58. The van der Waals surface area contributed by atoms with Gasteiger partial charge in [-0.3, -0.25) is 4.79 Å². The molecule has 1 aromatic rings. The summed E-state index contributed by atoms with van der Waals surface area (Å²) in [6.45, 7) is 4.52. The van der Waals surface area contributed by atoms with E-state index in [9.17, 15) is 9.90 Å². The summed E-state index contributed by atoms with van der Waals surface area (Å²) in [5.41, 5.74) is 6.82. The van der Waals surface area contributed by atoms with Crippen LogP contribution in [-0.2, 0) is 11.2 Å². The summed E-state index contributed by atoms with van der Waals surface area (Å²) in [6.07, 6.45) is 1.58. The molecule has 4 nitrogen and oxygen atoms in total. The van der Waals surface area contributed by atoms with E-state index < -0.39 is 6.04 Å².